The molecule has 0 saturated heterocycles. The van der Waals surface area contributed by atoms with E-state index in [9.17, 15) is 14.9 Å². The Kier molecular flexibility index (Phi) is 3.84. The van der Waals surface area contributed by atoms with Crippen molar-refractivity contribution in [2.45, 2.75) is 12.8 Å². The number of carboxylic acid groups (broad SMARTS) is 1. The van der Waals surface area contributed by atoms with Crippen molar-refractivity contribution >= 4 is 17.3 Å². The van der Waals surface area contributed by atoms with Crippen LogP contribution in [-0.4, -0.2) is 29.1 Å². The number of benzene rings is 1. The zero-order valence-corrected chi connectivity index (χ0v) is 10.7. The van der Waals surface area contributed by atoms with Gasteiger partial charge >= 0.3 is 5.97 Å². The van der Waals surface area contributed by atoms with E-state index in [0.29, 0.717) is 18.2 Å². The summed E-state index contributed by atoms with van der Waals surface area (Å²) in [6, 6.07) is 5.81. The molecule has 0 heterocycles. The monoisotopic (exact) mass is 275 g/mol. The van der Waals surface area contributed by atoms with Crippen LogP contribution in [0.2, 0.25) is 0 Å². The lowest BCUT2D eigenvalue weighted by molar-refractivity contribution is -0.384. The predicted molar refractivity (Wildman–Crippen MR) is 70.4 cm³/mol. The molecular weight excluding hydrogens is 262 g/mol. The standard InChI is InChI=1S/C13H13N3O4/c14-6-10-5-11(16(19)20)3-4-12(10)15(8-13(17)18)7-9-1-2-9/h3-5,9H,1-2,7-8H2,(H,17,18). The summed E-state index contributed by atoms with van der Waals surface area (Å²) in [6.45, 7) is 0.335. The van der Waals surface area contributed by atoms with Gasteiger partial charge < -0.3 is 10.0 Å². The van der Waals surface area contributed by atoms with Crippen LogP contribution in [-0.2, 0) is 4.79 Å². The highest BCUT2D eigenvalue weighted by molar-refractivity contribution is 5.75. The molecule has 0 unspecified atom stereocenters. The first-order chi connectivity index (χ1) is 9.51. The summed E-state index contributed by atoms with van der Waals surface area (Å²) in [4.78, 5) is 22.7. The highest BCUT2D eigenvalue weighted by atomic mass is 16.6. The largest absolute Gasteiger partial charge is 0.480 e. The second kappa shape index (κ2) is 5.57. The van der Waals surface area contributed by atoms with Crippen LogP contribution in [0, 0.1) is 27.4 Å². The number of rotatable bonds is 6. The number of nitro benzene ring substituents is 1. The van der Waals surface area contributed by atoms with Crippen LogP contribution in [0.25, 0.3) is 0 Å². The summed E-state index contributed by atoms with van der Waals surface area (Å²) in [5, 5.41) is 28.8. The van der Waals surface area contributed by atoms with E-state index in [-0.39, 0.29) is 17.8 Å². The number of nitro groups is 1. The van der Waals surface area contributed by atoms with Crippen LogP contribution >= 0.6 is 0 Å². The molecule has 7 heteroatoms. The van der Waals surface area contributed by atoms with Gasteiger partial charge in [-0.1, -0.05) is 0 Å². The minimum absolute atomic E-state index is 0.126. The number of carboxylic acids is 1. The molecule has 0 bridgehead atoms. The van der Waals surface area contributed by atoms with E-state index in [2.05, 4.69) is 0 Å². The second-order valence-electron chi connectivity index (χ2n) is 4.79. The van der Waals surface area contributed by atoms with Crippen molar-refractivity contribution < 1.29 is 14.8 Å². The van der Waals surface area contributed by atoms with Gasteiger partial charge in [0.2, 0.25) is 0 Å². The van der Waals surface area contributed by atoms with Crippen molar-refractivity contribution in [3.05, 3.63) is 33.9 Å². The first kappa shape index (κ1) is 13.8. The predicted octanol–water partition coefficient (Wildman–Crippen LogP) is 1.77. The summed E-state index contributed by atoms with van der Waals surface area (Å²) in [5.41, 5.74) is 0.389. The molecule has 0 atom stereocenters. The molecule has 1 N–H and O–H groups in total. The number of hydrogen-bond donors (Lipinski definition) is 1. The lowest BCUT2D eigenvalue weighted by Crippen LogP contribution is -2.32. The second-order valence-corrected chi connectivity index (χ2v) is 4.79. The van der Waals surface area contributed by atoms with Crippen LogP contribution in [0.15, 0.2) is 18.2 Å². The summed E-state index contributed by atoms with van der Waals surface area (Å²) >= 11 is 0. The van der Waals surface area contributed by atoms with Gasteiger partial charge in [0, 0.05) is 18.7 Å². The minimum Gasteiger partial charge on any atom is -0.480 e. The SMILES string of the molecule is N#Cc1cc([N+](=O)[O-])ccc1N(CC(=O)O)CC1CC1. The third kappa shape index (κ3) is 3.23. The van der Waals surface area contributed by atoms with Gasteiger partial charge in [-0.05, 0) is 24.8 Å². The molecule has 1 aromatic rings. The number of hydrogen-bond acceptors (Lipinski definition) is 5. The lowest BCUT2D eigenvalue weighted by Gasteiger charge is -2.23. The molecular formula is C13H13N3O4. The smallest absolute Gasteiger partial charge is 0.323 e. The number of nitriles is 1. The van der Waals surface area contributed by atoms with Gasteiger partial charge in [0.15, 0.2) is 0 Å². The van der Waals surface area contributed by atoms with Gasteiger partial charge in [-0.15, -0.1) is 0 Å². The first-order valence-corrected chi connectivity index (χ1v) is 6.16. The molecule has 7 nitrogen and oxygen atoms in total. The Hall–Kier alpha value is -2.62. The Labute approximate surface area is 115 Å². The van der Waals surface area contributed by atoms with E-state index in [1.165, 1.54) is 18.2 Å². The molecule has 1 aliphatic carbocycles. The van der Waals surface area contributed by atoms with E-state index < -0.39 is 10.9 Å². The Morgan fingerprint density at radius 3 is 2.75 bits per heavy atom. The first-order valence-electron chi connectivity index (χ1n) is 6.16. The van der Waals surface area contributed by atoms with Crippen molar-refractivity contribution in [2.24, 2.45) is 5.92 Å². The maximum atomic E-state index is 10.9. The third-order valence-electron chi connectivity index (χ3n) is 3.15. The van der Waals surface area contributed by atoms with Gasteiger partial charge in [-0.3, -0.25) is 14.9 Å². The van der Waals surface area contributed by atoms with Crippen molar-refractivity contribution in [3.8, 4) is 6.07 Å². The van der Waals surface area contributed by atoms with Crippen molar-refractivity contribution in [3.63, 3.8) is 0 Å². The quantitative estimate of drug-likeness (QED) is 0.626. The number of carbonyl (C=O) groups is 1. The average molecular weight is 275 g/mol. The van der Waals surface area contributed by atoms with Gasteiger partial charge in [0.1, 0.15) is 12.6 Å². The molecule has 1 aromatic carbocycles. The van der Waals surface area contributed by atoms with Crippen LogP contribution < -0.4 is 4.90 Å². The highest BCUT2D eigenvalue weighted by Gasteiger charge is 2.27. The third-order valence-corrected chi connectivity index (χ3v) is 3.15. The van der Waals surface area contributed by atoms with E-state index in [4.69, 9.17) is 10.4 Å². The Bertz CT molecular complexity index is 590. The fraction of sp³-hybridized carbons (Fsp3) is 0.385. The average Bonchev–Trinajstić information content (AvgIpc) is 3.20. The summed E-state index contributed by atoms with van der Waals surface area (Å²) in [5.74, 6) is -0.552. The van der Waals surface area contributed by atoms with E-state index in [1.807, 2.05) is 6.07 Å². The molecule has 104 valence electrons. The molecule has 1 aliphatic rings. The minimum atomic E-state index is -0.993. The highest BCUT2D eigenvalue weighted by Crippen LogP contribution is 2.33. The van der Waals surface area contributed by atoms with Crippen LogP contribution in [0.4, 0.5) is 11.4 Å². The van der Waals surface area contributed by atoms with E-state index in [0.717, 1.165) is 12.8 Å². The zero-order valence-electron chi connectivity index (χ0n) is 10.7. The van der Waals surface area contributed by atoms with Gasteiger partial charge in [0.05, 0.1) is 16.2 Å². The normalized spacial score (nSPS) is 13.6. The zero-order chi connectivity index (χ0) is 14.7. The van der Waals surface area contributed by atoms with Crippen LogP contribution in [0.3, 0.4) is 0 Å². The fourth-order valence-electron chi connectivity index (χ4n) is 2.03. The van der Waals surface area contributed by atoms with Gasteiger partial charge in [0.25, 0.3) is 5.69 Å². The maximum Gasteiger partial charge on any atom is 0.323 e. The molecule has 0 aliphatic heterocycles. The number of nitrogens with zero attached hydrogens (tertiary/aromatic N) is 3. The van der Waals surface area contributed by atoms with Crippen molar-refractivity contribution in [1.29, 1.82) is 5.26 Å². The Morgan fingerprint density at radius 2 is 2.25 bits per heavy atom. The number of anilines is 1. The molecule has 1 saturated carbocycles. The fourth-order valence-corrected chi connectivity index (χ4v) is 2.03. The number of non-ortho nitro benzene ring substituents is 1. The molecule has 0 spiro atoms. The van der Waals surface area contributed by atoms with Crippen molar-refractivity contribution in [1.82, 2.24) is 0 Å². The van der Waals surface area contributed by atoms with Gasteiger partial charge in [-0.2, -0.15) is 5.26 Å². The Balaban J connectivity index is 2.33. The molecule has 20 heavy (non-hydrogen) atoms. The summed E-state index contributed by atoms with van der Waals surface area (Å²) in [6.07, 6.45) is 2.09. The van der Waals surface area contributed by atoms with Crippen LogP contribution in [0.5, 0.6) is 0 Å². The van der Waals surface area contributed by atoms with E-state index >= 15 is 0 Å². The van der Waals surface area contributed by atoms with Crippen LogP contribution in [0.1, 0.15) is 18.4 Å². The molecule has 0 amide bonds. The molecule has 2 rings (SSSR count). The van der Waals surface area contributed by atoms with E-state index in [1.54, 1.807) is 4.90 Å². The summed E-state index contributed by atoms with van der Waals surface area (Å²) < 4.78 is 0. The Morgan fingerprint density at radius 1 is 1.55 bits per heavy atom. The topological polar surface area (TPSA) is 107 Å². The lowest BCUT2D eigenvalue weighted by atomic mass is 10.1. The summed E-state index contributed by atoms with van der Waals surface area (Å²) in [7, 11) is 0. The van der Waals surface area contributed by atoms with Crippen molar-refractivity contribution in [2.75, 3.05) is 18.0 Å². The molecule has 1 fully saturated rings. The van der Waals surface area contributed by atoms with Gasteiger partial charge in [-0.25, -0.2) is 0 Å². The maximum absolute atomic E-state index is 10.9. The molecule has 0 radical (unpaired) electrons. The molecule has 0 aromatic heterocycles. The number of aliphatic carboxylic acids is 1.